The number of aromatic hydroxyl groups is 2. The molecule has 4 aromatic carbocycles. The second kappa shape index (κ2) is 30.1. The first-order valence-corrected chi connectivity index (χ1v) is 24.5. The fourth-order valence-electron chi connectivity index (χ4n) is 7.57. The van der Waals surface area contributed by atoms with E-state index >= 15 is 0 Å². The van der Waals surface area contributed by atoms with Crippen LogP contribution in [0.3, 0.4) is 0 Å². The lowest BCUT2D eigenvalue weighted by Crippen LogP contribution is -2.49. The number of hydrogen-bond acceptors (Lipinski definition) is 17. The number of phenolic OH excluding ortho intramolecular Hbond substituents is 2. The summed E-state index contributed by atoms with van der Waals surface area (Å²) in [5.41, 5.74) is 5.62. The van der Waals surface area contributed by atoms with Crippen LogP contribution in [0.1, 0.15) is 78.6 Å². The molecule has 77 heavy (non-hydrogen) atoms. The van der Waals surface area contributed by atoms with Crippen molar-refractivity contribution in [3.8, 4) is 11.5 Å². The Balaban J connectivity index is 0.000000284. The number of carboxylic acids is 1. The number of carbonyl (C=O) groups excluding carboxylic acids is 5. The highest BCUT2D eigenvalue weighted by Crippen LogP contribution is 2.17. The smallest absolute Gasteiger partial charge is 0.407 e. The third kappa shape index (κ3) is 19.8. The van der Waals surface area contributed by atoms with Gasteiger partial charge in [-0.15, -0.1) is 0 Å². The molecule has 0 aliphatic carbocycles. The number of carboxylic acid groups (broad SMARTS) is 1. The number of alkyl carbamates (subject to hydrolysis) is 2. The second-order valence-electron chi connectivity index (χ2n) is 17.4. The fourth-order valence-corrected chi connectivity index (χ4v) is 7.57. The number of phenols is 2. The van der Waals surface area contributed by atoms with Gasteiger partial charge in [-0.05, 0) is 99.9 Å². The Kier molecular flexibility index (Phi) is 22.9. The van der Waals surface area contributed by atoms with E-state index in [2.05, 4.69) is 51.8 Å². The normalized spacial score (nSPS) is 11.3. The lowest BCUT2D eigenvalue weighted by molar-refractivity contribution is -0.142. The van der Waals surface area contributed by atoms with E-state index in [0.29, 0.717) is 47.8 Å². The molecule has 4 amide bonds. The first kappa shape index (κ1) is 58.5. The van der Waals surface area contributed by atoms with Gasteiger partial charge >= 0.3 is 24.1 Å². The van der Waals surface area contributed by atoms with Crippen molar-refractivity contribution in [2.75, 3.05) is 43.9 Å². The monoisotopic (exact) mass is 1060 g/mol. The number of amides is 4. The van der Waals surface area contributed by atoms with Crippen molar-refractivity contribution in [1.82, 2.24) is 41.2 Å². The number of esters is 1. The molecule has 406 valence electrons. The van der Waals surface area contributed by atoms with Crippen LogP contribution in [0.15, 0.2) is 109 Å². The highest BCUT2D eigenvalue weighted by Gasteiger charge is 2.27. The van der Waals surface area contributed by atoms with E-state index in [9.17, 15) is 44.1 Å². The van der Waals surface area contributed by atoms with Gasteiger partial charge in [0.2, 0.25) is 11.9 Å². The molecular formula is C55H64N10O12. The molecule has 22 nitrogen and oxygen atoms in total. The van der Waals surface area contributed by atoms with Gasteiger partial charge in [-0.25, -0.2) is 39.1 Å². The summed E-state index contributed by atoms with van der Waals surface area (Å²) in [4.78, 5) is 91.4. The Labute approximate surface area is 445 Å². The Morgan fingerprint density at radius 1 is 0.519 bits per heavy atom. The molecule has 2 heterocycles. The van der Waals surface area contributed by atoms with Gasteiger partial charge in [-0.2, -0.15) is 0 Å². The number of nitrogens with one attached hydrogen (secondary N) is 6. The van der Waals surface area contributed by atoms with E-state index in [1.807, 2.05) is 60.7 Å². The molecule has 0 aliphatic heterocycles. The molecular weight excluding hydrogens is 993 g/mol. The third-order valence-corrected chi connectivity index (χ3v) is 11.4. The van der Waals surface area contributed by atoms with Gasteiger partial charge in [0, 0.05) is 13.1 Å². The van der Waals surface area contributed by atoms with Crippen molar-refractivity contribution in [3.05, 3.63) is 165 Å². The lowest BCUT2D eigenvalue weighted by Gasteiger charge is -2.18. The van der Waals surface area contributed by atoms with Crippen molar-refractivity contribution in [2.24, 2.45) is 0 Å². The summed E-state index contributed by atoms with van der Waals surface area (Å²) in [6, 6.07) is 29.8. The molecule has 0 radical (unpaired) electrons. The first-order valence-electron chi connectivity index (χ1n) is 24.5. The molecule has 2 aromatic heterocycles. The largest absolute Gasteiger partial charge is 0.508 e. The summed E-state index contributed by atoms with van der Waals surface area (Å²) in [5, 5.41) is 44.8. The van der Waals surface area contributed by atoms with Crippen molar-refractivity contribution in [2.45, 2.75) is 78.7 Å². The number of aliphatic carboxylic acids is 1. The molecule has 6 rings (SSSR count). The average molecular weight is 1060 g/mol. The molecule has 0 fully saturated rings. The van der Waals surface area contributed by atoms with E-state index in [0.717, 1.165) is 47.9 Å². The first-order chi connectivity index (χ1) is 37.0. The van der Waals surface area contributed by atoms with Crippen LogP contribution < -0.4 is 31.9 Å². The Bertz CT molecular complexity index is 2900. The molecule has 22 heteroatoms. The van der Waals surface area contributed by atoms with E-state index in [1.54, 1.807) is 76.2 Å². The van der Waals surface area contributed by atoms with Crippen LogP contribution in [-0.2, 0) is 49.9 Å². The minimum absolute atomic E-state index is 0.0305. The van der Waals surface area contributed by atoms with Gasteiger partial charge in [0.25, 0.3) is 11.8 Å². The summed E-state index contributed by atoms with van der Waals surface area (Å²) in [5.74, 6) is -2.09. The number of aromatic nitrogens is 4. The van der Waals surface area contributed by atoms with Crippen molar-refractivity contribution < 1.29 is 58.3 Å². The summed E-state index contributed by atoms with van der Waals surface area (Å²) in [6.07, 6.45) is 1.54. The Hall–Kier alpha value is -9.34. The number of aryl methyl sites for hydroxylation is 6. The van der Waals surface area contributed by atoms with Gasteiger partial charge in [0.05, 0.1) is 54.1 Å². The standard InChI is InChI=1S/C28H33N5O6.C27H31N5O6/c1-18-24(19(2)32-27(31-18)29-14-8-12-20-11-7-13-22(34)15-20)25(35)33-23(26(36)38-3)16-30-28(37)39-17-21-9-5-4-6-10-21;1-17-23(18(2)31-26(30-17)28-13-7-11-19-10-6-12-21(33)14-19)24(34)32-22(25(35)36)15-29-27(37)38-16-20-8-4-3-5-9-20/h4-7,9-11,13,15,23,34H,8,12,14,16-17H2,1-3H3,(H,30,37)(H,33,35)(H,29,31,32);3-6,8-10,12,14,22,33H,7,11,13,15-16H2,1-2H3,(H,29,37)(H,32,34)(H,35,36)(H,28,30,31)/t23-;22-/m00/s1. The molecule has 0 unspecified atom stereocenters. The van der Waals surface area contributed by atoms with Gasteiger partial charge in [0.15, 0.2) is 0 Å². The highest BCUT2D eigenvalue weighted by molar-refractivity contribution is 5.99. The predicted molar refractivity (Wildman–Crippen MR) is 284 cm³/mol. The number of ether oxygens (including phenoxy) is 3. The van der Waals surface area contributed by atoms with E-state index in [-0.39, 0.29) is 48.9 Å². The number of nitrogens with zero attached hydrogens (tertiary/aromatic N) is 4. The minimum atomic E-state index is -1.39. The number of benzene rings is 4. The number of carbonyl (C=O) groups is 6. The van der Waals surface area contributed by atoms with Crippen molar-refractivity contribution >= 4 is 47.8 Å². The molecule has 0 aliphatic rings. The van der Waals surface area contributed by atoms with Crippen LogP contribution in [0.4, 0.5) is 21.5 Å². The van der Waals surface area contributed by atoms with Crippen LogP contribution in [0, 0.1) is 27.7 Å². The number of methoxy groups -OCH3 is 1. The predicted octanol–water partition coefficient (Wildman–Crippen LogP) is 5.99. The van der Waals surface area contributed by atoms with Crippen molar-refractivity contribution in [1.29, 1.82) is 0 Å². The van der Waals surface area contributed by atoms with Crippen LogP contribution in [0.2, 0.25) is 0 Å². The molecule has 0 saturated carbocycles. The van der Waals surface area contributed by atoms with Gasteiger partial charge in [-0.3, -0.25) is 9.59 Å². The number of rotatable bonds is 24. The molecule has 6 aromatic rings. The maximum Gasteiger partial charge on any atom is 0.407 e. The number of hydrogen-bond donors (Lipinski definition) is 9. The van der Waals surface area contributed by atoms with Crippen LogP contribution in [-0.4, -0.2) is 117 Å². The van der Waals surface area contributed by atoms with E-state index < -0.39 is 48.0 Å². The zero-order valence-electron chi connectivity index (χ0n) is 43.4. The Morgan fingerprint density at radius 3 is 1.27 bits per heavy atom. The van der Waals surface area contributed by atoms with Gasteiger partial charge < -0.3 is 61.4 Å². The van der Waals surface area contributed by atoms with Crippen molar-refractivity contribution in [3.63, 3.8) is 0 Å². The fraction of sp³-hybridized carbons (Fsp3) is 0.309. The Morgan fingerprint density at radius 2 is 0.896 bits per heavy atom. The molecule has 0 saturated heterocycles. The minimum Gasteiger partial charge on any atom is -0.508 e. The molecule has 0 bridgehead atoms. The topological polar surface area (TPSA) is 315 Å². The van der Waals surface area contributed by atoms with E-state index in [4.69, 9.17) is 14.2 Å². The summed E-state index contributed by atoms with van der Waals surface area (Å²) < 4.78 is 15.0. The summed E-state index contributed by atoms with van der Waals surface area (Å²) in [6.45, 7) is 7.28. The second-order valence-corrected chi connectivity index (χ2v) is 17.4. The van der Waals surface area contributed by atoms with Crippen LogP contribution >= 0.6 is 0 Å². The maximum absolute atomic E-state index is 13.0. The molecule has 0 spiro atoms. The number of anilines is 2. The quantitative estimate of drug-likeness (QED) is 0.0191. The maximum atomic E-state index is 13.0. The summed E-state index contributed by atoms with van der Waals surface area (Å²) >= 11 is 0. The lowest BCUT2D eigenvalue weighted by atomic mass is 10.1. The molecule has 2 atom stereocenters. The molecule has 9 N–H and O–H groups in total. The third-order valence-electron chi connectivity index (χ3n) is 11.4. The summed E-state index contributed by atoms with van der Waals surface area (Å²) in [7, 11) is 1.19. The van der Waals surface area contributed by atoms with E-state index in [1.165, 1.54) is 7.11 Å². The zero-order chi connectivity index (χ0) is 55.7. The zero-order valence-corrected chi connectivity index (χ0v) is 43.4. The van der Waals surface area contributed by atoms with Crippen LogP contribution in [0.25, 0.3) is 0 Å². The average Bonchev–Trinajstić information content (AvgIpc) is 3.40. The van der Waals surface area contributed by atoms with Gasteiger partial charge in [0.1, 0.15) is 36.8 Å². The highest BCUT2D eigenvalue weighted by atomic mass is 16.6. The SMILES string of the molecule is COC(=O)[C@H](CNC(=O)OCc1ccccc1)NC(=O)c1c(C)nc(NCCCc2cccc(O)c2)nc1C.Cc1nc(NCCCc2cccc(O)c2)nc(C)c1C(=O)N[C@@H](CNC(=O)OCc1ccccc1)C(=O)O. The van der Waals surface area contributed by atoms with Crippen LogP contribution in [0.5, 0.6) is 11.5 Å². The van der Waals surface area contributed by atoms with Gasteiger partial charge in [-0.1, -0.05) is 84.9 Å².